The van der Waals surface area contributed by atoms with Crippen LogP contribution in [-0.4, -0.2) is 37.0 Å². The Hall–Kier alpha value is -3.02. The first-order valence-electron chi connectivity index (χ1n) is 8.64. The summed E-state index contributed by atoms with van der Waals surface area (Å²) in [5, 5.41) is 2.92. The van der Waals surface area contributed by atoms with Crippen LogP contribution in [0.4, 0.5) is 5.69 Å². The molecular weight excluding hydrogens is 332 g/mol. The lowest BCUT2D eigenvalue weighted by Gasteiger charge is -2.25. The maximum Gasteiger partial charge on any atom is 0.230 e. The van der Waals surface area contributed by atoms with E-state index < -0.39 is 5.92 Å². The van der Waals surface area contributed by atoms with Gasteiger partial charge in [-0.15, -0.1) is 0 Å². The Bertz CT molecular complexity index is 837. The molecule has 1 N–H and O–H groups in total. The maximum absolute atomic E-state index is 12.9. The minimum absolute atomic E-state index is 0.0267. The van der Waals surface area contributed by atoms with Crippen molar-refractivity contribution in [2.24, 2.45) is 5.92 Å². The molecule has 6 nitrogen and oxygen atoms in total. The highest BCUT2D eigenvalue weighted by molar-refractivity contribution is 5.98. The van der Waals surface area contributed by atoms with Gasteiger partial charge < -0.3 is 19.7 Å². The van der Waals surface area contributed by atoms with Crippen LogP contribution >= 0.6 is 0 Å². The monoisotopic (exact) mass is 352 g/mol. The summed E-state index contributed by atoms with van der Waals surface area (Å²) in [6, 6.07) is 14.7. The highest BCUT2D eigenvalue weighted by Gasteiger charge is 2.42. The maximum atomic E-state index is 12.9. The number of carbonyl (C=O) groups is 2. The molecule has 0 aliphatic carbocycles. The summed E-state index contributed by atoms with van der Waals surface area (Å²) in [5.41, 5.74) is 1.59. The third-order valence-corrected chi connectivity index (χ3v) is 4.87. The molecule has 2 heterocycles. The molecular formula is C20H20N2O4. The van der Waals surface area contributed by atoms with E-state index in [1.807, 2.05) is 30.3 Å². The van der Waals surface area contributed by atoms with Gasteiger partial charge in [0, 0.05) is 25.2 Å². The summed E-state index contributed by atoms with van der Waals surface area (Å²) >= 11 is 0. The number of anilines is 1. The first kappa shape index (κ1) is 16.4. The number of benzene rings is 2. The number of hydrogen-bond donors (Lipinski definition) is 1. The number of carbonyl (C=O) groups excluding carboxylic acids is 2. The van der Waals surface area contributed by atoms with Gasteiger partial charge in [-0.1, -0.05) is 30.3 Å². The van der Waals surface area contributed by atoms with E-state index in [1.165, 1.54) is 0 Å². The number of rotatable bonds is 3. The van der Waals surface area contributed by atoms with Crippen LogP contribution in [0.2, 0.25) is 0 Å². The van der Waals surface area contributed by atoms with Gasteiger partial charge in [-0.2, -0.15) is 0 Å². The molecule has 2 aromatic rings. The number of nitrogens with zero attached hydrogens (tertiary/aromatic N) is 1. The Balaban J connectivity index is 1.56. The molecule has 1 fully saturated rings. The topological polar surface area (TPSA) is 67.9 Å². The van der Waals surface area contributed by atoms with Gasteiger partial charge >= 0.3 is 0 Å². The molecule has 2 atom stereocenters. The third kappa shape index (κ3) is 2.98. The summed E-state index contributed by atoms with van der Waals surface area (Å²) in [5.74, 6) is 0.651. The number of fused-ring (bicyclic) bond motifs is 1. The normalized spacial score (nSPS) is 21.6. The lowest BCUT2D eigenvalue weighted by atomic mass is 9.93. The fourth-order valence-electron chi connectivity index (χ4n) is 3.57. The first-order valence-corrected chi connectivity index (χ1v) is 8.64. The zero-order valence-corrected chi connectivity index (χ0v) is 14.5. The van der Waals surface area contributed by atoms with Crippen molar-refractivity contribution in [1.82, 2.24) is 4.90 Å². The van der Waals surface area contributed by atoms with Crippen molar-refractivity contribution in [3.05, 3.63) is 54.1 Å². The van der Waals surface area contributed by atoms with Gasteiger partial charge in [-0.05, 0) is 17.7 Å². The van der Waals surface area contributed by atoms with E-state index in [9.17, 15) is 9.59 Å². The van der Waals surface area contributed by atoms with E-state index >= 15 is 0 Å². The SMILES string of the molecule is CN1C(=O)CC(C(=O)Nc2ccc3c(c2)OCCO3)C1c1ccccc1. The zero-order chi connectivity index (χ0) is 18.1. The summed E-state index contributed by atoms with van der Waals surface area (Å²) in [7, 11) is 1.75. The van der Waals surface area contributed by atoms with Crippen molar-refractivity contribution in [2.75, 3.05) is 25.6 Å². The molecule has 2 aromatic carbocycles. The van der Waals surface area contributed by atoms with Crippen LogP contribution in [0.5, 0.6) is 11.5 Å². The van der Waals surface area contributed by atoms with Crippen molar-refractivity contribution >= 4 is 17.5 Å². The highest BCUT2D eigenvalue weighted by atomic mass is 16.6. The second kappa shape index (κ2) is 6.71. The number of likely N-dealkylation sites (tertiary alicyclic amines) is 1. The predicted molar refractivity (Wildman–Crippen MR) is 96.1 cm³/mol. The highest BCUT2D eigenvalue weighted by Crippen LogP contribution is 2.38. The molecule has 2 aliphatic rings. The van der Waals surface area contributed by atoms with E-state index in [-0.39, 0.29) is 24.3 Å². The van der Waals surface area contributed by atoms with E-state index in [1.54, 1.807) is 30.1 Å². The van der Waals surface area contributed by atoms with Crippen molar-refractivity contribution in [3.8, 4) is 11.5 Å². The lowest BCUT2D eigenvalue weighted by molar-refractivity contribution is -0.127. The average Bonchev–Trinajstić information content (AvgIpc) is 2.97. The molecule has 4 rings (SSSR count). The lowest BCUT2D eigenvalue weighted by Crippen LogP contribution is -2.30. The van der Waals surface area contributed by atoms with Crippen LogP contribution in [0.25, 0.3) is 0 Å². The minimum Gasteiger partial charge on any atom is -0.486 e. The molecule has 6 heteroatoms. The van der Waals surface area contributed by atoms with Gasteiger partial charge in [0.2, 0.25) is 11.8 Å². The molecule has 0 bridgehead atoms. The van der Waals surface area contributed by atoms with Crippen LogP contribution in [0.3, 0.4) is 0 Å². The van der Waals surface area contributed by atoms with Crippen molar-refractivity contribution in [1.29, 1.82) is 0 Å². The van der Waals surface area contributed by atoms with E-state index in [4.69, 9.17) is 9.47 Å². The Morgan fingerprint density at radius 3 is 2.58 bits per heavy atom. The van der Waals surface area contributed by atoms with Gasteiger partial charge in [0.1, 0.15) is 13.2 Å². The molecule has 2 aliphatic heterocycles. The largest absolute Gasteiger partial charge is 0.486 e. The molecule has 134 valence electrons. The van der Waals surface area contributed by atoms with E-state index in [0.717, 1.165) is 5.56 Å². The molecule has 2 amide bonds. The number of hydrogen-bond acceptors (Lipinski definition) is 4. The smallest absolute Gasteiger partial charge is 0.230 e. The molecule has 0 aromatic heterocycles. The van der Waals surface area contributed by atoms with Crippen LogP contribution in [0.1, 0.15) is 18.0 Å². The summed E-state index contributed by atoms with van der Waals surface area (Å²) in [6.07, 6.45) is 0.201. The second-order valence-corrected chi connectivity index (χ2v) is 6.52. The predicted octanol–water partition coefficient (Wildman–Crippen LogP) is 2.62. The van der Waals surface area contributed by atoms with Crippen LogP contribution in [-0.2, 0) is 9.59 Å². The van der Waals surface area contributed by atoms with Crippen molar-refractivity contribution in [2.45, 2.75) is 12.5 Å². The van der Waals surface area contributed by atoms with Gasteiger partial charge in [-0.25, -0.2) is 0 Å². The van der Waals surface area contributed by atoms with Crippen molar-refractivity contribution in [3.63, 3.8) is 0 Å². The summed E-state index contributed by atoms with van der Waals surface area (Å²) in [6.45, 7) is 1.01. The van der Waals surface area contributed by atoms with Gasteiger partial charge in [0.15, 0.2) is 11.5 Å². The fourth-order valence-corrected chi connectivity index (χ4v) is 3.57. The Morgan fingerprint density at radius 1 is 1.08 bits per heavy atom. The molecule has 26 heavy (non-hydrogen) atoms. The van der Waals surface area contributed by atoms with Gasteiger partial charge in [-0.3, -0.25) is 9.59 Å². The quantitative estimate of drug-likeness (QED) is 0.922. The molecule has 0 spiro atoms. The molecule has 0 radical (unpaired) electrons. The number of amides is 2. The minimum atomic E-state index is -0.442. The first-order chi connectivity index (χ1) is 12.6. The third-order valence-electron chi connectivity index (χ3n) is 4.87. The second-order valence-electron chi connectivity index (χ2n) is 6.52. The summed E-state index contributed by atoms with van der Waals surface area (Å²) < 4.78 is 11.1. The summed E-state index contributed by atoms with van der Waals surface area (Å²) in [4.78, 5) is 26.8. The van der Waals surface area contributed by atoms with Gasteiger partial charge in [0.05, 0.1) is 12.0 Å². The Kier molecular flexibility index (Phi) is 4.24. The molecule has 2 unspecified atom stereocenters. The molecule has 1 saturated heterocycles. The standard InChI is InChI=1S/C20H20N2O4/c1-22-18(23)12-15(19(22)13-5-3-2-4-6-13)20(24)21-14-7-8-16-17(11-14)26-10-9-25-16/h2-8,11,15,19H,9-10,12H2,1H3,(H,21,24). The fraction of sp³-hybridized carbons (Fsp3) is 0.300. The number of nitrogens with one attached hydrogen (secondary N) is 1. The van der Waals surface area contributed by atoms with Crippen LogP contribution in [0.15, 0.2) is 48.5 Å². The van der Waals surface area contributed by atoms with Crippen LogP contribution < -0.4 is 14.8 Å². The van der Waals surface area contributed by atoms with Crippen molar-refractivity contribution < 1.29 is 19.1 Å². The van der Waals surface area contributed by atoms with E-state index in [0.29, 0.717) is 30.4 Å². The Labute approximate surface area is 151 Å². The average molecular weight is 352 g/mol. The van der Waals surface area contributed by atoms with Crippen LogP contribution in [0, 0.1) is 5.92 Å². The van der Waals surface area contributed by atoms with Gasteiger partial charge in [0.25, 0.3) is 0 Å². The number of ether oxygens (including phenoxy) is 2. The Morgan fingerprint density at radius 2 is 1.81 bits per heavy atom. The van der Waals surface area contributed by atoms with E-state index in [2.05, 4.69) is 5.32 Å². The molecule has 0 saturated carbocycles. The zero-order valence-electron chi connectivity index (χ0n) is 14.5.